The minimum atomic E-state index is -1.30. The molecule has 0 bridgehead atoms. The maximum atomic E-state index is 12.7. The number of ether oxygens (including phenoxy) is 1. The highest BCUT2D eigenvalue weighted by atomic mass is 35.5. The topological polar surface area (TPSA) is 109 Å². The van der Waals surface area contributed by atoms with Gasteiger partial charge in [-0.2, -0.15) is 0 Å². The van der Waals surface area contributed by atoms with Gasteiger partial charge in [-0.3, -0.25) is 9.59 Å². The van der Waals surface area contributed by atoms with Crippen LogP contribution in [0.1, 0.15) is 6.92 Å². The lowest BCUT2D eigenvalue weighted by Gasteiger charge is -2.16. The number of amides is 2. The van der Waals surface area contributed by atoms with Crippen molar-refractivity contribution in [3.63, 3.8) is 0 Å². The van der Waals surface area contributed by atoms with Crippen LogP contribution in [0.4, 0.5) is 5.69 Å². The smallest absolute Gasteiger partial charge is 0.355 e. The molecular formula is C14H11ClN4O5. The van der Waals surface area contributed by atoms with E-state index in [2.05, 4.69) is 10.4 Å². The summed E-state index contributed by atoms with van der Waals surface area (Å²) in [6, 6.07) is 4.80. The zero-order valence-electron chi connectivity index (χ0n) is 12.4. The second-order valence-electron chi connectivity index (χ2n) is 5.02. The van der Waals surface area contributed by atoms with E-state index in [4.69, 9.17) is 16.3 Å². The molecule has 1 aromatic rings. The molecule has 2 amide bonds. The SMILES string of the molecule is CCOC(=O)C1=NN(N=O)[C@H]2C(=O)N(c3cccc(Cl)c3)C(=O)[C@H]12. The number of esters is 1. The summed E-state index contributed by atoms with van der Waals surface area (Å²) in [5, 5.41) is 7.13. The maximum Gasteiger partial charge on any atom is 0.355 e. The van der Waals surface area contributed by atoms with Gasteiger partial charge < -0.3 is 4.74 Å². The number of fused-ring (bicyclic) bond motifs is 1. The Morgan fingerprint density at radius 1 is 1.38 bits per heavy atom. The van der Waals surface area contributed by atoms with Crippen LogP contribution in [0, 0.1) is 10.8 Å². The summed E-state index contributed by atoms with van der Waals surface area (Å²) in [4.78, 5) is 49.1. The summed E-state index contributed by atoms with van der Waals surface area (Å²) in [6.07, 6.45) is 0. The molecule has 2 aliphatic heterocycles. The third-order valence-corrected chi connectivity index (χ3v) is 3.90. The van der Waals surface area contributed by atoms with Gasteiger partial charge in [0.25, 0.3) is 5.91 Å². The van der Waals surface area contributed by atoms with Crippen LogP contribution in [0.25, 0.3) is 0 Å². The van der Waals surface area contributed by atoms with E-state index >= 15 is 0 Å². The predicted octanol–water partition coefficient (Wildman–Crippen LogP) is 1.11. The molecular weight excluding hydrogens is 340 g/mol. The van der Waals surface area contributed by atoms with Crippen molar-refractivity contribution < 1.29 is 19.1 Å². The van der Waals surface area contributed by atoms with E-state index in [1.165, 1.54) is 12.1 Å². The monoisotopic (exact) mass is 350 g/mol. The molecule has 3 rings (SSSR count). The zero-order chi connectivity index (χ0) is 17.4. The van der Waals surface area contributed by atoms with Gasteiger partial charge in [-0.1, -0.05) is 17.7 Å². The molecule has 0 N–H and O–H groups in total. The number of nitroso groups, excluding NO2 is 1. The largest absolute Gasteiger partial charge is 0.461 e. The summed E-state index contributed by atoms with van der Waals surface area (Å²) in [5.41, 5.74) is -0.0784. The number of hydrogen-bond donors (Lipinski definition) is 0. The van der Waals surface area contributed by atoms with Crippen molar-refractivity contribution in [3.8, 4) is 0 Å². The highest BCUT2D eigenvalue weighted by Gasteiger charge is 2.59. The first-order valence-corrected chi connectivity index (χ1v) is 7.39. The lowest BCUT2D eigenvalue weighted by Crippen LogP contribution is -2.36. The minimum Gasteiger partial charge on any atom is -0.461 e. The first kappa shape index (κ1) is 16.1. The van der Waals surface area contributed by atoms with Crippen molar-refractivity contribution in [3.05, 3.63) is 34.2 Å². The van der Waals surface area contributed by atoms with Gasteiger partial charge in [-0.05, 0) is 25.1 Å². The van der Waals surface area contributed by atoms with E-state index in [0.29, 0.717) is 10.1 Å². The van der Waals surface area contributed by atoms with E-state index in [1.54, 1.807) is 19.1 Å². The van der Waals surface area contributed by atoms with E-state index in [0.717, 1.165) is 4.90 Å². The van der Waals surface area contributed by atoms with Crippen LogP contribution in [-0.2, 0) is 19.1 Å². The van der Waals surface area contributed by atoms with E-state index in [1.807, 2.05) is 0 Å². The Hall–Kier alpha value is -2.81. The Balaban J connectivity index is 2.02. The van der Waals surface area contributed by atoms with Crippen LogP contribution < -0.4 is 4.90 Å². The molecule has 0 unspecified atom stereocenters. The fraction of sp³-hybridized carbons (Fsp3) is 0.286. The molecule has 1 fully saturated rings. The van der Waals surface area contributed by atoms with Crippen LogP contribution in [-0.4, -0.2) is 41.3 Å². The highest BCUT2D eigenvalue weighted by molar-refractivity contribution is 6.46. The number of anilines is 1. The van der Waals surface area contributed by atoms with Gasteiger partial charge in [-0.15, -0.1) is 15.1 Å². The van der Waals surface area contributed by atoms with Gasteiger partial charge in [0.1, 0.15) is 5.92 Å². The van der Waals surface area contributed by atoms with E-state index in [-0.39, 0.29) is 18.0 Å². The Bertz CT molecular complexity index is 780. The van der Waals surface area contributed by atoms with Gasteiger partial charge in [0.05, 0.1) is 17.6 Å². The zero-order valence-corrected chi connectivity index (χ0v) is 13.1. The van der Waals surface area contributed by atoms with Crippen molar-refractivity contribution in [2.75, 3.05) is 11.5 Å². The Kier molecular flexibility index (Phi) is 4.02. The summed E-state index contributed by atoms with van der Waals surface area (Å²) < 4.78 is 4.83. The standard InChI is InChI=1S/C14H11ClN4O5/c1-2-24-14(22)10-9-11(19(16-10)17-23)13(21)18(12(9)20)8-5-3-4-7(15)6-8/h3-6,9,11H,2H2,1H3/t9-,11-/m1/s1. The third kappa shape index (κ3) is 2.33. The molecule has 2 atom stereocenters. The van der Waals surface area contributed by atoms with Crippen molar-refractivity contribution in [2.24, 2.45) is 16.3 Å². The van der Waals surface area contributed by atoms with E-state index < -0.39 is 29.7 Å². The summed E-state index contributed by atoms with van der Waals surface area (Å²) in [6.45, 7) is 1.64. The third-order valence-electron chi connectivity index (χ3n) is 3.66. The van der Waals surface area contributed by atoms with Gasteiger partial charge in [0.15, 0.2) is 11.8 Å². The second-order valence-corrected chi connectivity index (χ2v) is 5.46. The number of rotatable bonds is 4. The molecule has 1 saturated heterocycles. The molecule has 124 valence electrons. The molecule has 0 aliphatic carbocycles. The molecule has 0 radical (unpaired) electrons. The van der Waals surface area contributed by atoms with Crippen LogP contribution in [0.5, 0.6) is 0 Å². The van der Waals surface area contributed by atoms with E-state index in [9.17, 15) is 19.3 Å². The van der Waals surface area contributed by atoms with Gasteiger partial charge in [0.2, 0.25) is 5.91 Å². The molecule has 1 aromatic carbocycles. The Morgan fingerprint density at radius 3 is 2.75 bits per heavy atom. The number of halogens is 1. The van der Waals surface area contributed by atoms with Crippen LogP contribution >= 0.6 is 11.6 Å². The van der Waals surface area contributed by atoms with Crippen LogP contribution in [0.3, 0.4) is 0 Å². The van der Waals surface area contributed by atoms with Crippen molar-refractivity contribution in [2.45, 2.75) is 13.0 Å². The fourth-order valence-electron chi connectivity index (χ4n) is 2.70. The quantitative estimate of drug-likeness (QED) is 0.457. The first-order valence-electron chi connectivity index (χ1n) is 7.01. The molecule has 2 aliphatic rings. The Morgan fingerprint density at radius 2 is 2.12 bits per heavy atom. The van der Waals surface area contributed by atoms with Crippen LogP contribution in [0.15, 0.2) is 34.7 Å². The summed E-state index contributed by atoms with van der Waals surface area (Å²) in [7, 11) is 0. The fourth-order valence-corrected chi connectivity index (χ4v) is 2.89. The molecule has 0 spiro atoms. The maximum absolute atomic E-state index is 12.7. The molecule has 24 heavy (non-hydrogen) atoms. The average Bonchev–Trinajstić information content (AvgIpc) is 3.05. The molecule has 0 aromatic heterocycles. The number of carbonyl (C=O) groups excluding carboxylic acids is 3. The molecule has 0 saturated carbocycles. The molecule has 9 nitrogen and oxygen atoms in total. The number of hydrazone groups is 1. The second kappa shape index (κ2) is 6.00. The normalized spacial score (nSPS) is 22.5. The summed E-state index contributed by atoms with van der Waals surface area (Å²) in [5.74, 6) is -3.51. The van der Waals surface area contributed by atoms with Crippen molar-refractivity contribution >= 4 is 40.8 Å². The number of benzene rings is 1. The van der Waals surface area contributed by atoms with Gasteiger partial charge in [-0.25, -0.2) is 9.69 Å². The minimum absolute atomic E-state index is 0.0594. The summed E-state index contributed by atoms with van der Waals surface area (Å²) >= 11 is 5.89. The van der Waals surface area contributed by atoms with Crippen molar-refractivity contribution in [1.82, 2.24) is 5.12 Å². The number of carbonyl (C=O) groups is 3. The first-order chi connectivity index (χ1) is 11.5. The highest BCUT2D eigenvalue weighted by Crippen LogP contribution is 2.36. The molecule has 10 heteroatoms. The lowest BCUT2D eigenvalue weighted by atomic mass is 9.98. The van der Waals surface area contributed by atoms with Gasteiger partial charge in [0, 0.05) is 5.02 Å². The lowest BCUT2D eigenvalue weighted by molar-refractivity contribution is -0.136. The van der Waals surface area contributed by atoms with Gasteiger partial charge >= 0.3 is 5.97 Å². The Labute approximate surface area is 140 Å². The average molecular weight is 351 g/mol. The number of nitrogens with zero attached hydrogens (tertiary/aromatic N) is 4. The number of hydrogen-bond acceptors (Lipinski definition) is 7. The number of imide groups is 1. The van der Waals surface area contributed by atoms with Crippen LogP contribution in [0.2, 0.25) is 5.02 Å². The van der Waals surface area contributed by atoms with Crippen molar-refractivity contribution in [1.29, 1.82) is 0 Å². The molecule has 2 heterocycles. The predicted molar refractivity (Wildman–Crippen MR) is 82.9 cm³/mol.